The molecule has 1 unspecified atom stereocenters. The minimum Gasteiger partial charge on any atom is -0.324 e. The van der Waals surface area contributed by atoms with Gasteiger partial charge in [0.1, 0.15) is 0 Å². The number of nitrogens with one attached hydrogen (secondary N) is 1. The van der Waals surface area contributed by atoms with Crippen molar-refractivity contribution in [3.05, 3.63) is 60.2 Å². The van der Waals surface area contributed by atoms with E-state index in [1.165, 1.54) is 11.3 Å². The largest absolute Gasteiger partial charge is 0.324 e. The maximum Gasteiger partial charge on any atom is 0.228 e. The number of nitrogens with zero attached hydrogens (tertiary/aromatic N) is 1. The Kier molecular flexibility index (Phi) is 3.94. The maximum atomic E-state index is 12.0. The predicted octanol–water partition coefficient (Wildman–Crippen LogP) is 3.32. The Balaban J connectivity index is 1.66. The fourth-order valence-electron chi connectivity index (χ4n) is 2.11. The van der Waals surface area contributed by atoms with Crippen LogP contribution in [0.4, 0.5) is 5.13 Å². The van der Waals surface area contributed by atoms with Crippen LogP contribution in [-0.4, -0.2) is 10.9 Å². The number of para-hydroxylation sites is 1. The normalized spacial score (nSPS) is 12.2. The zero-order valence-electron chi connectivity index (χ0n) is 11.3. The predicted molar refractivity (Wildman–Crippen MR) is 86.2 cm³/mol. The van der Waals surface area contributed by atoms with E-state index in [0.29, 0.717) is 5.13 Å². The Bertz CT molecular complexity index is 721. The van der Waals surface area contributed by atoms with Gasteiger partial charge in [-0.25, -0.2) is 4.98 Å². The number of hydrogen-bond acceptors (Lipinski definition) is 4. The lowest BCUT2D eigenvalue weighted by molar-refractivity contribution is -0.116. The zero-order chi connectivity index (χ0) is 14.7. The van der Waals surface area contributed by atoms with E-state index in [2.05, 4.69) is 10.3 Å². The molecule has 0 fully saturated rings. The van der Waals surface area contributed by atoms with E-state index in [9.17, 15) is 4.79 Å². The van der Waals surface area contributed by atoms with Crippen LogP contribution in [0.15, 0.2) is 54.6 Å². The number of fused-ring (bicyclic) bond motifs is 1. The lowest BCUT2D eigenvalue weighted by atomic mass is 10.0. The summed E-state index contributed by atoms with van der Waals surface area (Å²) in [6.45, 7) is 0. The zero-order valence-corrected chi connectivity index (χ0v) is 12.1. The molecule has 106 valence electrons. The number of carbonyl (C=O) groups excluding carboxylic acids is 1. The van der Waals surface area contributed by atoms with Gasteiger partial charge in [0.05, 0.1) is 10.2 Å². The number of nitrogens with two attached hydrogens (primary N) is 1. The minimum absolute atomic E-state index is 0.120. The molecular formula is C16H15N3OS. The van der Waals surface area contributed by atoms with Crippen molar-refractivity contribution in [1.29, 1.82) is 0 Å². The van der Waals surface area contributed by atoms with E-state index >= 15 is 0 Å². The Morgan fingerprint density at radius 3 is 2.62 bits per heavy atom. The van der Waals surface area contributed by atoms with Crippen LogP contribution in [0, 0.1) is 0 Å². The molecule has 3 aromatic rings. The highest BCUT2D eigenvalue weighted by molar-refractivity contribution is 7.22. The van der Waals surface area contributed by atoms with Crippen LogP contribution in [0.3, 0.4) is 0 Å². The topological polar surface area (TPSA) is 68.0 Å². The number of rotatable bonds is 4. The third kappa shape index (κ3) is 3.26. The molecule has 0 aliphatic rings. The molecular weight excluding hydrogens is 282 g/mol. The fraction of sp³-hybridized carbons (Fsp3) is 0.125. The quantitative estimate of drug-likeness (QED) is 0.776. The van der Waals surface area contributed by atoms with Gasteiger partial charge in [0, 0.05) is 12.5 Å². The summed E-state index contributed by atoms with van der Waals surface area (Å²) in [5, 5.41) is 3.43. The number of thiazole rings is 1. The number of hydrogen-bond donors (Lipinski definition) is 2. The van der Waals surface area contributed by atoms with E-state index in [-0.39, 0.29) is 18.4 Å². The second-order valence-corrected chi connectivity index (χ2v) is 5.79. The molecule has 0 aliphatic carbocycles. The number of anilines is 1. The molecule has 3 N–H and O–H groups in total. The average molecular weight is 297 g/mol. The smallest absolute Gasteiger partial charge is 0.228 e. The first-order valence-corrected chi connectivity index (χ1v) is 7.50. The van der Waals surface area contributed by atoms with Crippen molar-refractivity contribution < 1.29 is 4.79 Å². The summed E-state index contributed by atoms with van der Waals surface area (Å²) in [5.74, 6) is -0.120. The van der Waals surface area contributed by atoms with Crippen molar-refractivity contribution in [3.63, 3.8) is 0 Å². The summed E-state index contributed by atoms with van der Waals surface area (Å²) in [6.07, 6.45) is 0.236. The van der Waals surface area contributed by atoms with E-state index in [1.807, 2.05) is 54.6 Å². The van der Waals surface area contributed by atoms with Gasteiger partial charge in [0.2, 0.25) is 5.91 Å². The van der Waals surface area contributed by atoms with Gasteiger partial charge in [-0.3, -0.25) is 4.79 Å². The van der Waals surface area contributed by atoms with Gasteiger partial charge in [0.15, 0.2) is 5.13 Å². The molecule has 21 heavy (non-hydrogen) atoms. The van der Waals surface area contributed by atoms with Crippen molar-refractivity contribution >= 4 is 32.6 Å². The molecule has 3 rings (SSSR count). The number of aromatic nitrogens is 1. The van der Waals surface area contributed by atoms with Crippen molar-refractivity contribution in [2.45, 2.75) is 12.5 Å². The van der Waals surface area contributed by atoms with Crippen molar-refractivity contribution in [3.8, 4) is 0 Å². The molecule has 1 amide bonds. The fourth-order valence-corrected chi connectivity index (χ4v) is 3.00. The lowest BCUT2D eigenvalue weighted by Crippen LogP contribution is -2.20. The highest BCUT2D eigenvalue weighted by Gasteiger charge is 2.13. The first kappa shape index (κ1) is 13.7. The third-order valence-electron chi connectivity index (χ3n) is 3.17. The monoisotopic (exact) mass is 297 g/mol. The number of amides is 1. The van der Waals surface area contributed by atoms with Gasteiger partial charge in [-0.15, -0.1) is 0 Å². The summed E-state index contributed by atoms with van der Waals surface area (Å²) in [6, 6.07) is 17.1. The second-order valence-electron chi connectivity index (χ2n) is 4.76. The second kappa shape index (κ2) is 6.03. The summed E-state index contributed by atoms with van der Waals surface area (Å²) < 4.78 is 1.06. The van der Waals surface area contributed by atoms with E-state index < -0.39 is 0 Å². The number of carbonyl (C=O) groups is 1. The Labute approximate surface area is 126 Å². The summed E-state index contributed by atoms with van der Waals surface area (Å²) in [5.41, 5.74) is 7.90. The summed E-state index contributed by atoms with van der Waals surface area (Å²) in [4.78, 5) is 16.4. The Morgan fingerprint density at radius 1 is 1.14 bits per heavy atom. The van der Waals surface area contributed by atoms with Crippen LogP contribution < -0.4 is 11.1 Å². The summed E-state index contributed by atoms with van der Waals surface area (Å²) in [7, 11) is 0. The minimum atomic E-state index is -0.305. The SMILES string of the molecule is NC(CC(=O)Nc1nc2ccccc2s1)c1ccccc1. The molecule has 0 bridgehead atoms. The van der Waals surface area contributed by atoms with Gasteiger partial charge >= 0.3 is 0 Å². The van der Waals surface area contributed by atoms with Crippen LogP contribution >= 0.6 is 11.3 Å². The highest BCUT2D eigenvalue weighted by atomic mass is 32.1. The first-order valence-electron chi connectivity index (χ1n) is 6.68. The molecule has 5 heteroatoms. The van der Waals surface area contributed by atoms with Crippen LogP contribution in [0.25, 0.3) is 10.2 Å². The molecule has 0 saturated heterocycles. The van der Waals surface area contributed by atoms with Crippen LogP contribution in [0.5, 0.6) is 0 Å². The van der Waals surface area contributed by atoms with Gasteiger partial charge in [-0.2, -0.15) is 0 Å². The highest BCUT2D eigenvalue weighted by Crippen LogP contribution is 2.25. The van der Waals surface area contributed by atoms with Gasteiger partial charge < -0.3 is 11.1 Å². The van der Waals surface area contributed by atoms with Crippen LogP contribution in [-0.2, 0) is 4.79 Å². The average Bonchev–Trinajstić information content (AvgIpc) is 2.90. The van der Waals surface area contributed by atoms with E-state index in [4.69, 9.17) is 5.73 Å². The Hall–Kier alpha value is -2.24. The molecule has 0 radical (unpaired) electrons. The summed E-state index contributed by atoms with van der Waals surface area (Å²) >= 11 is 1.46. The first-order chi connectivity index (χ1) is 10.2. The molecule has 2 aromatic carbocycles. The van der Waals surface area contributed by atoms with E-state index in [0.717, 1.165) is 15.8 Å². The molecule has 0 spiro atoms. The molecule has 1 heterocycles. The van der Waals surface area contributed by atoms with Crippen LogP contribution in [0.2, 0.25) is 0 Å². The standard InChI is InChI=1S/C16H15N3OS/c17-12(11-6-2-1-3-7-11)10-15(20)19-16-18-13-8-4-5-9-14(13)21-16/h1-9,12H,10,17H2,(H,18,19,20). The third-order valence-corrected chi connectivity index (χ3v) is 4.13. The van der Waals surface area contributed by atoms with Gasteiger partial charge in [0.25, 0.3) is 0 Å². The maximum absolute atomic E-state index is 12.0. The van der Waals surface area contributed by atoms with E-state index in [1.54, 1.807) is 0 Å². The Morgan fingerprint density at radius 2 is 1.86 bits per heavy atom. The lowest BCUT2D eigenvalue weighted by Gasteiger charge is -2.10. The van der Waals surface area contributed by atoms with Crippen LogP contribution in [0.1, 0.15) is 18.0 Å². The number of benzene rings is 2. The van der Waals surface area contributed by atoms with Gasteiger partial charge in [-0.1, -0.05) is 53.8 Å². The molecule has 1 atom stereocenters. The van der Waals surface area contributed by atoms with Crippen molar-refractivity contribution in [2.24, 2.45) is 5.73 Å². The van der Waals surface area contributed by atoms with Crippen molar-refractivity contribution in [1.82, 2.24) is 4.98 Å². The molecule has 0 aliphatic heterocycles. The van der Waals surface area contributed by atoms with Crippen molar-refractivity contribution in [2.75, 3.05) is 5.32 Å². The molecule has 1 aromatic heterocycles. The van der Waals surface area contributed by atoms with Gasteiger partial charge in [-0.05, 0) is 17.7 Å². The molecule has 4 nitrogen and oxygen atoms in total. The molecule has 0 saturated carbocycles.